The molecule has 15 heavy (non-hydrogen) atoms. The Kier molecular flexibility index (Phi) is 5.68. The molecule has 0 saturated heterocycles. The molecule has 0 fully saturated rings. The van der Waals surface area contributed by atoms with Gasteiger partial charge in [0.1, 0.15) is 0 Å². The Morgan fingerprint density at radius 3 is 2.27 bits per heavy atom. The van der Waals surface area contributed by atoms with Gasteiger partial charge >= 0.3 is 0 Å². The molecule has 0 bridgehead atoms. The number of nitrogens with two attached hydrogens (primary N) is 1. The molecule has 0 aliphatic rings. The number of methoxy groups -OCH3 is 1. The van der Waals surface area contributed by atoms with E-state index < -0.39 is 21.8 Å². The van der Waals surface area contributed by atoms with Crippen molar-refractivity contribution in [3.05, 3.63) is 0 Å². The third-order valence-corrected chi connectivity index (χ3v) is 2.94. The van der Waals surface area contributed by atoms with Crippen LogP contribution in [0.5, 0.6) is 0 Å². The van der Waals surface area contributed by atoms with Crippen molar-refractivity contribution in [2.45, 2.75) is 32.4 Å². The van der Waals surface area contributed by atoms with Crippen molar-refractivity contribution in [2.24, 2.45) is 5.73 Å². The highest BCUT2D eigenvalue weighted by Crippen LogP contribution is 2.01. The summed E-state index contributed by atoms with van der Waals surface area (Å²) in [5, 5.41) is 0. The number of rotatable bonds is 6. The number of hydrogen-bond acceptors (Lipinski definition) is 4. The first kappa shape index (κ1) is 14.8. The molecule has 6 nitrogen and oxygen atoms in total. The molecule has 1 unspecified atom stereocenters. The quantitative estimate of drug-likeness (QED) is 0.564. The van der Waals surface area contributed by atoms with Gasteiger partial charge in [-0.15, -0.1) is 0 Å². The van der Waals surface area contributed by atoms with E-state index in [-0.39, 0.29) is 13.2 Å². The van der Waals surface area contributed by atoms with Crippen LogP contribution in [0.15, 0.2) is 0 Å². The van der Waals surface area contributed by atoms with Gasteiger partial charge in [0, 0.05) is 19.2 Å². The highest BCUT2D eigenvalue weighted by molar-refractivity contribution is 7.87. The van der Waals surface area contributed by atoms with Crippen molar-refractivity contribution in [3.63, 3.8) is 0 Å². The SMILES string of the molecule is COCC(CN)NS(=O)(=O)NC(C)(C)C. The average molecular weight is 239 g/mol. The molecule has 0 aromatic rings. The van der Waals surface area contributed by atoms with E-state index in [1.165, 1.54) is 7.11 Å². The fourth-order valence-electron chi connectivity index (χ4n) is 1.00. The van der Waals surface area contributed by atoms with Gasteiger partial charge in [-0.3, -0.25) is 0 Å². The van der Waals surface area contributed by atoms with Gasteiger partial charge in [0.05, 0.1) is 12.6 Å². The Balaban J connectivity index is 4.36. The van der Waals surface area contributed by atoms with Crippen LogP contribution in [0.1, 0.15) is 20.8 Å². The molecule has 0 heterocycles. The smallest absolute Gasteiger partial charge is 0.277 e. The highest BCUT2D eigenvalue weighted by atomic mass is 32.2. The first-order chi connectivity index (χ1) is 6.70. The molecule has 0 aromatic heterocycles. The van der Waals surface area contributed by atoms with E-state index in [4.69, 9.17) is 10.5 Å². The number of hydrogen-bond donors (Lipinski definition) is 3. The predicted octanol–water partition coefficient (Wildman–Crippen LogP) is -0.817. The Labute approximate surface area is 91.7 Å². The van der Waals surface area contributed by atoms with Crippen molar-refractivity contribution in [1.82, 2.24) is 9.44 Å². The van der Waals surface area contributed by atoms with Gasteiger partial charge in [0.2, 0.25) is 0 Å². The Bertz CT molecular complexity index is 271. The zero-order valence-electron chi connectivity index (χ0n) is 9.70. The molecule has 0 radical (unpaired) electrons. The third kappa shape index (κ3) is 7.69. The Morgan fingerprint density at radius 2 is 1.93 bits per heavy atom. The second kappa shape index (κ2) is 5.76. The first-order valence-corrected chi connectivity index (χ1v) is 6.19. The van der Waals surface area contributed by atoms with Crippen LogP contribution >= 0.6 is 0 Å². The summed E-state index contributed by atoms with van der Waals surface area (Å²) in [5.74, 6) is 0. The van der Waals surface area contributed by atoms with Crippen LogP contribution in [-0.2, 0) is 14.9 Å². The lowest BCUT2D eigenvalue weighted by atomic mass is 10.1. The summed E-state index contributed by atoms with van der Waals surface area (Å²) in [7, 11) is -2.04. The maximum Gasteiger partial charge on any atom is 0.277 e. The summed E-state index contributed by atoms with van der Waals surface area (Å²) in [5.41, 5.74) is 4.88. The van der Waals surface area contributed by atoms with E-state index in [0.717, 1.165) is 0 Å². The molecule has 1 atom stereocenters. The van der Waals surface area contributed by atoms with Crippen LogP contribution < -0.4 is 15.2 Å². The lowest BCUT2D eigenvalue weighted by molar-refractivity contribution is 0.176. The zero-order chi connectivity index (χ0) is 12.1. The lowest BCUT2D eigenvalue weighted by Gasteiger charge is -2.23. The maximum atomic E-state index is 11.6. The topological polar surface area (TPSA) is 93.4 Å². The van der Waals surface area contributed by atoms with E-state index in [2.05, 4.69) is 9.44 Å². The van der Waals surface area contributed by atoms with Crippen LogP contribution in [0.25, 0.3) is 0 Å². The van der Waals surface area contributed by atoms with Gasteiger partial charge in [-0.2, -0.15) is 17.9 Å². The molecule has 4 N–H and O–H groups in total. The second-order valence-electron chi connectivity index (χ2n) is 4.36. The normalized spacial score (nSPS) is 15.3. The Morgan fingerprint density at radius 1 is 1.40 bits per heavy atom. The summed E-state index contributed by atoms with van der Waals surface area (Å²) in [4.78, 5) is 0. The summed E-state index contributed by atoms with van der Waals surface area (Å²) in [6, 6.07) is -0.408. The van der Waals surface area contributed by atoms with Crippen molar-refractivity contribution in [3.8, 4) is 0 Å². The summed E-state index contributed by atoms with van der Waals surface area (Å²) in [6.45, 7) is 5.74. The standard InChI is InChI=1S/C8H21N3O3S/c1-8(2,3)11-15(12,13)10-7(5-9)6-14-4/h7,10-11H,5-6,9H2,1-4H3. The molecule has 92 valence electrons. The fourth-order valence-corrected chi connectivity index (χ4v) is 2.47. The molecule has 0 amide bonds. The van der Waals surface area contributed by atoms with E-state index >= 15 is 0 Å². The number of ether oxygens (including phenoxy) is 1. The summed E-state index contributed by atoms with van der Waals surface area (Å²) < 4.78 is 32.8. The lowest BCUT2D eigenvalue weighted by Crippen LogP contribution is -2.52. The minimum atomic E-state index is -3.53. The Hall–Kier alpha value is -0.210. The summed E-state index contributed by atoms with van der Waals surface area (Å²) >= 11 is 0. The van der Waals surface area contributed by atoms with E-state index in [1.54, 1.807) is 20.8 Å². The largest absolute Gasteiger partial charge is 0.383 e. The fraction of sp³-hybridized carbons (Fsp3) is 1.00. The molecule has 0 aliphatic heterocycles. The molecule has 0 spiro atoms. The van der Waals surface area contributed by atoms with Gasteiger partial charge in [-0.25, -0.2) is 0 Å². The van der Waals surface area contributed by atoms with Crippen LogP contribution in [0.3, 0.4) is 0 Å². The molecule has 0 aliphatic carbocycles. The van der Waals surface area contributed by atoms with Gasteiger partial charge in [-0.1, -0.05) is 0 Å². The van der Waals surface area contributed by atoms with E-state index in [0.29, 0.717) is 0 Å². The van der Waals surface area contributed by atoms with Crippen LogP contribution in [0, 0.1) is 0 Å². The van der Waals surface area contributed by atoms with E-state index in [1.807, 2.05) is 0 Å². The van der Waals surface area contributed by atoms with Crippen molar-refractivity contribution >= 4 is 10.2 Å². The zero-order valence-corrected chi connectivity index (χ0v) is 10.5. The van der Waals surface area contributed by atoms with Gasteiger partial charge in [-0.05, 0) is 20.8 Å². The molecular weight excluding hydrogens is 218 g/mol. The van der Waals surface area contributed by atoms with Gasteiger partial charge < -0.3 is 10.5 Å². The molecule has 0 aromatic carbocycles. The third-order valence-electron chi connectivity index (χ3n) is 1.41. The minimum Gasteiger partial charge on any atom is -0.383 e. The van der Waals surface area contributed by atoms with E-state index in [9.17, 15) is 8.42 Å². The second-order valence-corrected chi connectivity index (χ2v) is 5.81. The molecule has 0 rings (SSSR count). The first-order valence-electron chi connectivity index (χ1n) is 4.70. The maximum absolute atomic E-state index is 11.6. The average Bonchev–Trinajstić information content (AvgIpc) is 1.98. The van der Waals surface area contributed by atoms with Crippen LogP contribution in [0.4, 0.5) is 0 Å². The molecular formula is C8H21N3O3S. The number of nitrogens with one attached hydrogen (secondary N) is 2. The van der Waals surface area contributed by atoms with Crippen molar-refractivity contribution < 1.29 is 13.2 Å². The van der Waals surface area contributed by atoms with Crippen molar-refractivity contribution in [2.75, 3.05) is 20.3 Å². The predicted molar refractivity (Wildman–Crippen MR) is 59.7 cm³/mol. The molecule has 0 saturated carbocycles. The van der Waals surface area contributed by atoms with Crippen LogP contribution in [-0.4, -0.2) is 40.3 Å². The minimum absolute atomic E-state index is 0.193. The highest BCUT2D eigenvalue weighted by Gasteiger charge is 2.22. The molecule has 7 heteroatoms. The van der Waals surface area contributed by atoms with Gasteiger partial charge in [0.25, 0.3) is 10.2 Å². The monoisotopic (exact) mass is 239 g/mol. The van der Waals surface area contributed by atoms with Gasteiger partial charge in [0.15, 0.2) is 0 Å². The summed E-state index contributed by atoms with van der Waals surface area (Å²) in [6.07, 6.45) is 0. The van der Waals surface area contributed by atoms with Crippen molar-refractivity contribution in [1.29, 1.82) is 0 Å². The van der Waals surface area contributed by atoms with Crippen LogP contribution in [0.2, 0.25) is 0 Å².